The third kappa shape index (κ3) is 4.56. The number of nitrogens with one attached hydrogen (secondary N) is 1. The van der Waals surface area contributed by atoms with Crippen LogP contribution in [0, 0.1) is 0 Å². The number of ether oxygens (including phenoxy) is 1. The monoisotopic (exact) mass is 375 g/mol. The molecule has 3 aromatic rings. The Hall–Kier alpha value is -2.43. The molecule has 1 atom stereocenters. The van der Waals surface area contributed by atoms with Gasteiger partial charge in [0.2, 0.25) is 0 Å². The van der Waals surface area contributed by atoms with Gasteiger partial charge in [0, 0.05) is 5.02 Å². The zero-order valence-corrected chi connectivity index (χ0v) is 14.6. The predicted octanol–water partition coefficient (Wildman–Crippen LogP) is 4.87. The van der Waals surface area contributed by atoms with E-state index in [9.17, 15) is 4.79 Å². The standard InChI is InChI=1S/C19H15Cl2NO3/c20-14-8-9-16(15(21)11-14)25-12-18(23)22-19(17-7-4-10-24-17)13-5-2-1-3-6-13/h1-11,19H,12H2,(H,22,23)/t19-/m1/s1. The normalized spacial score (nSPS) is 11.8. The van der Waals surface area contributed by atoms with Gasteiger partial charge in [-0.05, 0) is 35.9 Å². The highest BCUT2D eigenvalue weighted by atomic mass is 35.5. The van der Waals surface area contributed by atoms with Crippen LogP contribution in [-0.4, -0.2) is 12.5 Å². The quantitative estimate of drug-likeness (QED) is 0.668. The second-order valence-electron chi connectivity index (χ2n) is 5.29. The van der Waals surface area contributed by atoms with Crippen molar-refractivity contribution in [2.24, 2.45) is 0 Å². The van der Waals surface area contributed by atoms with E-state index in [4.69, 9.17) is 32.4 Å². The number of halogens is 2. The molecule has 0 aliphatic carbocycles. The van der Waals surface area contributed by atoms with Crippen LogP contribution in [0.25, 0.3) is 0 Å². The van der Waals surface area contributed by atoms with Crippen LogP contribution in [0.4, 0.5) is 0 Å². The van der Waals surface area contributed by atoms with E-state index in [0.29, 0.717) is 21.6 Å². The number of amides is 1. The lowest BCUT2D eigenvalue weighted by molar-refractivity contribution is -0.123. The van der Waals surface area contributed by atoms with Gasteiger partial charge in [-0.3, -0.25) is 4.79 Å². The number of carbonyl (C=O) groups is 1. The molecule has 0 fully saturated rings. The number of rotatable bonds is 6. The molecule has 0 saturated heterocycles. The molecule has 2 aromatic carbocycles. The van der Waals surface area contributed by atoms with E-state index < -0.39 is 6.04 Å². The average Bonchev–Trinajstić information content (AvgIpc) is 3.14. The molecule has 6 heteroatoms. The van der Waals surface area contributed by atoms with E-state index in [-0.39, 0.29) is 12.5 Å². The zero-order chi connectivity index (χ0) is 17.6. The van der Waals surface area contributed by atoms with Crippen molar-refractivity contribution in [1.82, 2.24) is 5.32 Å². The molecule has 1 heterocycles. The topological polar surface area (TPSA) is 51.5 Å². The maximum Gasteiger partial charge on any atom is 0.258 e. The fraction of sp³-hybridized carbons (Fsp3) is 0.105. The Morgan fingerprint density at radius 3 is 2.56 bits per heavy atom. The van der Waals surface area contributed by atoms with Crippen molar-refractivity contribution in [2.45, 2.75) is 6.04 Å². The lowest BCUT2D eigenvalue weighted by atomic mass is 10.0. The summed E-state index contributed by atoms with van der Waals surface area (Å²) in [4.78, 5) is 12.3. The molecule has 4 nitrogen and oxygen atoms in total. The molecule has 25 heavy (non-hydrogen) atoms. The molecule has 0 aliphatic rings. The summed E-state index contributed by atoms with van der Waals surface area (Å²) in [6, 6.07) is 17.6. The fourth-order valence-electron chi connectivity index (χ4n) is 2.36. The van der Waals surface area contributed by atoms with Crippen LogP contribution in [0.5, 0.6) is 5.75 Å². The van der Waals surface area contributed by atoms with Gasteiger partial charge in [-0.15, -0.1) is 0 Å². The fourth-order valence-corrected chi connectivity index (χ4v) is 2.82. The highest BCUT2D eigenvalue weighted by Gasteiger charge is 2.19. The Balaban J connectivity index is 1.68. The Morgan fingerprint density at radius 2 is 1.88 bits per heavy atom. The van der Waals surface area contributed by atoms with Crippen molar-refractivity contribution in [3.63, 3.8) is 0 Å². The van der Waals surface area contributed by atoms with Crippen LogP contribution in [-0.2, 0) is 4.79 Å². The summed E-state index contributed by atoms with van der Waals surface area (Å²) in [6.07, 6.45) is 1.57. The van der Waals surface area contributed by atoms with E-state index >= 15 is 0 Å². The van der Waals surface area contributed by atoms with Gasteiger partial charge in [-0.1, -0.05) is 53.5 Å². The summed E-state index contributed by atoms with van der Waals surface area (Å²) < 4.78 is 10.9. The highest BCUT2D eigenvalue weighted by molar-refractivity contribution is 6.35. The number of hydrogen-bond acceptors (Lipinski definition) is 3. The number of furan rings is 1. The molecular weight excluding hydrogens is 361 g/mol. The van der Waals surface area contributed by atoms with E-state index in [2.05, 4.69) is 5.32 Å². The Bertz CT molecular complexity index is 835. The van der Waals surface area contributed by atoms with Crippen LogP contribution in [0.3, 0.4) is 0 Å². The molecule has 0 radical (unpaired) electrons. The molecule has 0 unspecified atom stereocenters. The second-order valence-corrected chi connectivity index (χ2v) is 6.13. The zero-order valence-electron chi connectivity index (χ0n) is 13.1. The number of carbonyl (C=O) groups excluding carboxylic acids is 1. The highest BCUT2D eigenvalue weighted by Crippen LogP contribution is 2.27. The van der Waals surface area contributed by atoms with Crippen LogP contribution < -0.4 is 10.1 Å². The summed E-state index contributed by atoms with van der Waals surface area (Å²) >= 11 is 11.9. The minimum atomic E-state index is -0.395. The van der Waals surface area contributed by atoms with Crippen molar-refractivity contribution in [3.8, 4) is 5.75 Å². The molecule has 1 N–H and O–H groups in total. The molecular formula is C19H15Cl2NO3. The van der Waals surface area contributed by atoms with Crippen LogP contribution in [0.1, 0.15) is 17.4 Å². The first kappa shape index (κ1) is 17.4. The summed E-state index contributed by atoms with van der Waals surface area (Å²) in [5, 5.41) is 3.77. The largest absolute Gasteiger partial charge is 0.482 e. The Kier molecular flexibility index (Phi) is 5.64. The second kappa shape index (κ2) is 8.10. The van der Waals surface area contributed by atoms with E-state index in [1.807, 2.05) is 36.4 Å². The van der Waals surface area contributed by atoms with Crippen LogP contribution in [0.2, 0.25) is 10.0 Å². The van der Waals surface area contributed by atoms with Gasteiger partial charge < -0.3 is 14.5 Å². The van der Waals surface area contributed by atoms with Crippen LogP contribution >= 0.6 is 23.2 Å². The first-order valence-corrected chi connectivity index (χ1v) is 8.34. The van der Waals surface area contributed by atoms with Gasteiger partial charge in [0.15, 0.2) is 6.61 Å². The number of benzene rings is 2. The lowest BCUT2D eigenvalue weighted by Crippen LogP contribution is -2.33. The first-order valence-electron chi connectivity index (χ1n) is 7.59. The Labute approximate surface area is 155 Å². The molecule has 1 amide bonds. The minimum absolute atomic E-state index is 0.175. The van der Waals surface area contributed by atoms with Gasteiger partial charge in [0.25, 0.3) is 5.91 Å². The average molecular weight is 376 g/mol. The molecule has 0 aliphatic heterocycles. The van der Waals surface area contributed by atoms with Crippen LogP contribution in [0.15, 0.2) is 71.3 Å². The van der Waals surface area contributed by atoms with Crippen molar-refractivity contribution in [1.29, 1.82) is 0 Å². The summed E-state index contributed by atoms with van der Waals surface area (Å²) in [5.74, 6) is 0.746. The molecule has 0 spiro atoms. The van der Waals surface area contributed by atoms with E-state index in [1.54, 1.807) is 30.5 Å². The summed E-state index contributed by atoms with van der Waals surface area (Å²) in [6.45, 7) is -0.175. The Morgan fingerprint density at radius 1 is 1.08 bits per heavy atom. The lowest BCUT2D eigenvalue weighted by Gasteiger charge is -2.17. The van der Waals surface area contributed by atoms with Crippen molar-refractivity contribution < 1.29 is 13.9 Å². The van der Waals surface area contributed by atoms with Gasteiger partial charge >= 0.3 is 0 Å². The van der Waals surface area contributed by atoms with Gasteiger partial charge in [-0.25, -0.2) is 0 Å². The first-order chi connectivity index (χ1) is 12.1. The maximum absolute atomic E-state index is 12.3. The van der Waals surface area contributed by atoms with Gasteiger partial charge in [-0.2, -0.15) is 0 Å². The molecule has 1 aromatic heterocycles. The molecule has 128 valence electrons. The van der Waals surface area contributed by atoms with E-state index in [0.717, 1.165) is 5.56 Å². The third-order valence-electron chi connectivity index (χ3n) is 3.52. The van der Waals surface area contributed by atoms with Gasteiger partial charge in [0.1, 0.15) is 17.6 Å². The van der Waals surface area contributed by atoms with Gasteiger partial charge in [0.05, 0.1) is 11.3 Å². The molecule has 3 rings (SSSR count). The SMILES string of the molecule is O=C(COc1ccc(Cl)cc1Cl)N[C@H](c1ccccc1)c1ccco1. The minimum Gasteiger partial charge on any atom is -0.482 e. The molecule has 0 bridgehead atoms. The summed E-state index contributed by atoms with van der Waals surface area (Å²) in [7, 11) is 0. The maximum atomic E-state index is 12.3. The van der Waals surface area contributed by atoms with Crippen molar-refractivity contribution in [3.05, 3.63) is 88.3 Å². The van der Waals surface area contributed by atoms with Crippen molar-refractivity contribution >= 4 is 29.1 Å². The molecule has 0 saturated carbocycles. The van der Waals surface area contributed by atoms with Crippen molar-refractivity contribution in [2.75, 3.05) is 6.61 Å². The smallest absolute Gasteiger partial charge is 0.258 e. The summed E-state index contributed by atoms with van der Waals surface area (Å²) in [5.41, 5.74) is 0.912. The van der Waals surface area contributed by atoms with E-state index in [1.165, 1.54) is 0 Å². The predicted molar refractivity (Wildman–Crippen MR) is 97.1 cm³/mol. The number of hydrogen-bond donors (Lipinski definition) is 1. The third-order valence-corrected chi connectivity index (χ3v) is 4.05.